The number of aryl methyl sites for hydroxylation is 1. The molecule has 1 fully saturated rings. The number of aromatic nitrogens is 2. The molecule has 2 aliphatic rings. The number of Topliss-reactive ketones (excluding diaryl/α,β-unsaturated/α-hetero) is 1. The van der Waals surface area contributed by atoms with Crippen LogP contribution in [0.25, 0.3) is 32.9 Å². The second-order valence-corrected chi connectivity index (χ2v) is 11.6. The summed E-state index contributed by atoms with van der Waals surface area (Å²) in [6.07, 6.45) is 4.42. The van der Waals surface area contributed by atoms with Gasteiger partial charge in [-0.2, -0.15) is 0 Å². The van der Waals surface area contributed by atoms with Gasteiger partial charge in [-0.3, -0.25) is 9.78 Å². The van der Waals surface area contributed by atoms with Gasteiger partial charge in [-0.05, 0) is 106 Å². The Labute approximate surface area is 223 Å². The Kier molecular flexibility index (Phi) is 6.10. The van der Waals surface area contributed by atoms with Crippen molar-refractivity contribution < 1.29 is 19.0 Å². The Morgan fingerprint density at radius 2 is 1.97 bits per heavy atom. The van der Waals surface area contributed by atoms with Crippen LogP contribution in [-0.4, -0.2) is 34.6 Å². The lowest BCUT2D eigenvalue weighted by atomic mass is 9.86. The van der Waals surface area contributed by atoms with Crippen LogP contribution < -0.4 is 9.47 Å². The van der Waals surface area contributed by atoms with E-state index in [4.69, 9.17) is 24.2 Å². The van der Waals surface area contributed by atoms with E-state index in [1.807, 2.05) is 52.1 Å². The van der Waals surface area contributed by atoms with Gasteiger partial charge >= 0.3 is 0 Å². The molecule has 2 aromatic heterocycles. The summed E-state index contributed by atoms with van der Waals surface area (Å²) in [7, 11) is 0. The Balaban J connectivity index is 1.63. The van der Waals surface area contributed by atoms with E-state index in [-0.39, 0.29) is 5.78 Å². The molecule has 0 N–H and O–H groups in total. The van der Waals surface area contributed by atoms with Crippen molar-refractivity contribution in [3.63, 3.8) is 0 Å². The predicted octanol–water partition coefficient (Wildman–Crippen LogP) is 6.93. The Hall–Kier alpha value is -3.51. The number of ether oxygens (including phenoxy) is 3. The minimum Gasteiger partial charge on any atom is -0.493 e. The third-order valence-electron chi connectivity index (χ3n) is 7.32. The molecule has 196 valence electrons. The topological polar surface area (TPSA) is 70.5 Å². The van der Waals surface area contributed by atoms with Gasteiger partial charge < -0.3 is 14.2 Å². The number of pyridine rings is 2. The highest BCUT2D eigenvalue weighted by molar-refractivity contribution is 6.08. The molecule has 38 heavy (non-hydrogen) atoms. The Morgan fingerprint density at radius 1 is 1.16 bits per heavy atom. The second kappa shape index (κ2) is 9.35. The van der Waals surface area contributed by atoms with Crippen molar-refractivity contribution in [3.05, 3.63) is 59.3 Å². The van der Waals surface area contributed by atoms with E-state index in [2.05, 4.69) is 18.2 Å². The van der Waals surface area contributed by atoms with Crippen LogP contribution in [0.5, 0.6) is 11.6 Å². The molecule has 1 aliphatic carbocycles. The minimum atomic E-state index is -0.734. The van der Waals surface area contributed by atoms with Crippen molar-refractivity contribution in [2.45, 2.75) is 65.6 Å². The van der Waals surface area contributed by atoms with Gasteiger partial charge in [-0.25, -0.2) is 4.98 Å². The van der Waals surface area contributed by atoms with Gasteiger partial charge in [0.25, 0.3) is 0 Å². The van der Waals surface area contributed by atoms with Gasteiger partial charge in [-0.15, -0.1) is 0 Å². The van der Waals surface area contributed by atoms with Gasteiger partial charge in [0.1, 0.15) is 11.9 Å². The summed E-state index contributed by atoms with van der Waals surface area (Å²) >= 11 is 0. The molecule has 6 nitrogen and oxygen atoms in total. The summed E-state index contributed by atoms with van der Waals surface area (Å²) in [6, 6.07) is 12.2. The van der Waals surface area contributed by atoms with Crippen LogP contribution in [-0.2, 0) is 16.0 Å². The van der Waals surface area contributed by atoms with Gasteiger partial charge in [0.05, 0.1) is 29.8 Å². The van der Waals surface area contributed by atoms with Crippen molar-refractivity contribution >= 4 is 27.6 Å². The smallest absolute Gasteiger partial charge is 0.213 e. The summed E-state index contributed by atoms with van der Waals surface area (Å²) < 4.78 is 18.4. The van der Waals surface area contributed by atoms with Gasteiger partial charge in [0, 0.05) is 35.0 Å². The van der Waals surface area contributed by atoms with Gasteiger partial charge in [0.15, 0.2) is 5.78 Å². The normalized spacial score (nSPS) is 15.9. The fraction of sp³-hybridized carbons (Fsp3) is 0.406. The summed E-state index contributed by atoms with van der Waals surface area (Å²) in [5.41, 5.74) is 6.06. The van der Waals surface area contributed by atoms with E-state index < -0.39 is 11.7 Å². The first-order chi connectivity index (χ1) is 18.2. The van der Waals surface area contributed by atoms with E-state index in [9.17, 15) is 4.79 Å². The van der Waals surface area contributed by atoms with Crippen molar-refractivity contribution in [2.75, 3.05) is 13.2 Å². The van der Waals surface area contributed by atoms with E-state index in [0.717, 1.165) is 56.2 Å². The highest BCUT2D eigenvalue weighted by Gasteiger charge is 2.31. The summed E-state index contributed by atoms with van der Waals surface area (Å²) in [6.45, 7) is 10.9. The molecular formula is C32H34N2O4. The largest absolute Gasteiger partial charge is 0.493 e. The minimum absolute atomic E-state index is 0.0417. The molecule has 2 aromatic carbocycles. The van der Waals surface area contributed by atoms with E-state index in [1.165, 1.54) is 18.4 Å². The number of hydrogen-bond donors (Lipinski definition) is 0. The summed E-state index contributed by atoms with van der Waals surface area (Å²) in [4.78, 5) is 22.9. The molecule has 0 bridgehead atoms. The average Bonchev–Trinajstić information content (AvgIpc) is 3.70. The maximum Gasteiger partial charge on any atom is 0.213 e. The fourth-order valence-electron chi connectivity index (χ4n) is 5.40. The fourth-order valence-corrected chi connectivity index (χ4v) is 5.40. The second-order valence-electron chi connectivity index (χ2n) is 11.6. The monoisotopic (exact) mass is 510 g/mol. The SMILES string of the molecule is CC(=O)[C@@H](OC(C)(C)C)c1c(C)cc2nc(OCC3CC3)ccc2c1-c1ccc2c3c(ccnc13)CCO2. The standard InChI is InChI=1S/C32H34N2O4/c1-18-16-24-22(9-11-26(34-24)37-17-20-6-7-20)29(27(18)31(19(2)35)38-32(3,4)5)23-8-10-25-28-21(13-15-36-25)12-14-33-30(23)28/h8-12,14,16,20,31H,6-7,13,15,17H2,1-5H3/t31-/m1/s1. The number of fused-ring (bicyclic) bond motifs is 1. The van der Waals surface area contributed by atoms with E-state index in [1.54, 1.807) is 6.92 Å². The van der Waals surface area contributed by atoms with Crippen molar-refractivity contribution in [1.82, 2.24) is 9.97 Å². The predicted molar refractivity (Wildman–Crippen MR) is 149 cm³/mol. The molecule has 6 heteroatoms. The van der Waals surface area contributed by atoms with Crippen LogP contribution >= 0.6 is 0 Å². The van der Waals surface area contributed by atoms with Crippen molar-refractivity contribution in [1.29, 1.82) is 0 Å². The van der Waals surface area contributed by atoms with Crippen LogP contribution in [0.1, 0.15) is 63.3 Å². The Morgan fingerprint density at radius 3 is 2.71 bits per heavy atom. The lowest BCUT2D eigenvalue weighted by Gasteiger charge is -2.30. The molecule has 0 saturated heterocycles. The van der Waals surface area contributed by atoms with Crippen LogP contribution in [0.15, 0.2) is 42.6 Å². The molecule has 0 amide bonds. The van der Waals surface area contributed by atoms with E-state index >= 15 is 0 Å². The van der Waals surface area contributed by atoms with Crippen LogP contribution in [0.4, 0.5) is 0 Å². The average molecular weight is 511 g/mol. The first kappa shape index (κ1) is 24.8. The van der Waals surface area contributed by atoms with Crippen molar-refractivity contribution in [2.24, 2.45) is 5.92 Å². The van der Waals surface area contributed by atoms with Gasteiger partial charge in [-0.1, -0.05) is 0 Å². The van der Waals surface area contributed by atoms with Crippen LogP contribution in [0.3, 0.4) is 0 Å². The molecule has 0 radical (unpaired) electrons. The molecule has 0 unspecified atom stereocenters. The quantitative estimate of drug-likeness (QED) is 0.269. The molecule has 6 rings (SSSR count). The number of nitrogens with zero attached hydrogens (tertiary/aromatic N) is 2. The maximum absolute atomic E-state index is 13.1. The zero-order valence-electron chi connectivity index (χ0n) is 22.8. The number of carbonyl (C=O) groups excluding carboxylic acids is 1. The van der Waals surface area contributed by atoms with Crippen LogP contribution in [0, 0.1) is 12.8 Å². The molecule has 4 aromatic rings. The first-order valence-corrected chi connectivity index (χ1v) is 13.5. The molecule has 0 spiro atoms. The third-order valence-corrected chi connectivity index (χ3v) is 7.32. The number of carbonyl (C=O) groups is 1. The number of rotatable bonds is 7. The summed E-state index contributed by atoms with van der Waals surface area (Å²) in [5.74, 6) is 2.07. The molecular weight excluding hydrogens is 476 g/mol. The maximum atomic E-state index is 13.1. The lowest BCUT2D eigenvalue weighted by Crippen LogP contribution is -2.27. The highest BCUT2D eigenvalue weighted by Crippen LogP contribution is 2.45. The third kappa shape index (κ3) is 4.62. The summed E-state index contributed by atoms with van der Waals surface area (Å²) in [5, 5.41) is 1.97. The zero-order valence-corrected chi connectivity index (χ0v) is 22.8. The molecule has 1 aliphatic heterocycles. The zero-order chi connectivity index (χ0) is 26.6. The first-order valence-electron chi connectivity index (χ1n) is 13.5. The number of hydrogen-bond acceptors (Lipinski definition) is 6. The van der Waals surface area contributed by atoms with Gasteiger partial charge in [0.2, 0.25) is 5.88 Å². The van der Waals surface area contributed by atoms with Crippen LogP contribution in [0.2, 0.25) is 0 Å². The number of benzene rings is 2. The Bertz CT molecular complexity index is 1560. The highest BCUT2D eigenvalue weighted by atomic mass is 16.5. The lowest BCUT2D eigenvalue weighted by molar-refractivity contribution is -0.138. The number of ketones is 1. The molecule has 1 atom stereocenters. The van der Waals surface area contributed by atoms with E-state index in [0.29, 0.717) is 25.0 Å². The molecule has 3 heterocycles. The molecule has 1 saturated carbocycles. The van der Waals surface area contributed by atoms with Crippen molar-refractivity contribution in [3.8, 4) is 22.8 Å².